The van der Waals surface area contributed by atoms with Crippen LogP contribution in [0.15, 0.2) is 48.5 Å². The Morgan fingerprint density at radius 3 is 2.57 bits per heavy atom. The highest BCUT2D eigenvalue weighted by molar-refractivity contribution is 6.01. The van der Waals surface area contributed by atoms with E-state index in [1.54, 1.807) is 11.0 Å². The minimum atomic E-state index is -0.165. The van der Waals surface area contributed by atoms with Crippen molar-refractivity contribution in [2.45, 2.75) is 13.5 Å². The molecule has 3 rings (SSSR count). The van der Waals surface area contributed by atoms with E-state index in [0.717, 1.165) is 16.8 Å². The maximum Gasteiger partial charge on any atom is 0.254 e. The Balaban J connectivity index is 1.94. The first-order valence-corrected chi connectivity index (χ1v) is 6.88. The van der Waals surface area contributed by atoms with E-state index in [-0.39, 0.29) is 18.4 Å². The predicted molar refractivity (Wildman–Crippen MR) is 81.0 cm³/mol. The Labute approximate surface area is 123 Å². The zero-order valence-corrected chi connectivity index (χ0v) is 11.8. The fourth-order valence-corrected chi connectivity index (χ4v) is 2.53. The second-order valence-corrected chi connectivity index (χ2v) is 5.18. The molecule has 106 valence electrons. The molecule has 1 N–H and O–H groups in total. The SMILES string of the molecule is Cc1ccccc1C(=O)N1CC(=O)Nc2ccccc2C1. The van der Waals surface area contributed by atoms with Gasteiger partial charge in [-0.05, 0) is 30.2 Å². The lowest BCUT2D eigenvalue weighted by molar-refractivity contribution is -0.116. The highest BCUT2D eigenvalue weighted by Crippen LogP contribution is 2.22. The standard InChI is InChI=1S/C17H16N2O2/c1-12-6-2-4-8-14(12)17(21)19-10-13-7-3-5-9-15(13)18-16(20)11-19/h2-9H,10-11H2,1H3,(H,18,20). The van der Waals surface area contributed by atoms with Gasteiger partial charge in [-0.2, -0.15) is 0 Å². The average Bonchev–Trinajstić information content (AvgIpc) is 2.65. The summed E-state index contributed by atoms with van der Waals surface area (Å²) >= 11 is 0. The molecule has 1 heterocycles. The summed E-state index contributed by atoms with van der Waals surface area (Å²) in [5, 5.41) is 2.84. The summed E-state index contributed by atoms with van der Waals surface area (Å²) in [7, 11) is 0. The molecule has 0 unspecified atom stereocenters. The van der Waals surface area contributed by atoms with Gasteiger partial charge in [0.15, 0.2) is 0 Å². The van der Waals surface area contributed by atoms with Gasteiger partial charge >= 0.3 is 0 Å². The number of aryl methyl sites for hydroxylation is 1. The molecule has 4 nitrogen and oxygen atoms in total. The van der Waals surface area contributed by atoms with E-state index in [1.807, 2.05) is 49.4 Å². The third-order valence-electron chi connectivity index (χ3n) is 3.65. The van der Waals surface area contributed by atoms with Gasteiger partial charge in [0.2, 0.25) is 5.91 Å². The Hall–Kier alpha value is -2.62. The van der Waals surface area contributed by atoms with Crippen molar-refractivity contribution in [1.29, 1.82) is 0 Å². The Kier molecular flexibility index (Phi) is 3.44. The quantitative estimate of drug-likeness (QED) is 0.873. The van der Waals surface area contributed by atoms with Crippen LogP contribution in [0.4, 0.5) is 5.69 Å². The predicted octanol–water partition coefficient (Wildman–Crippen LogP) is 2.59. The lowest BCUT2D eigenvalue weighted by atomic mass is 10.1. The number of carbonyl (C=O) groups is 2. The number of nitrogens with one attached hydrogen (secondary N) is 1. The van der Waals surface area contributed by atoms with Crippen LogP contribution >= 0.6 is 0 Å². The molecule has 0 aromatic heterocycles. The number of para-hydroxylation sites is 1. The van der Waals surface area contributed by atoms with Crippen molar-refractivity contribution in [3.05, 3.63) is 65.2 Å². The molecular weight excluding hydrogens is 264 g/mol. The van der Waals surface area contributed by atoms with Gasteiger partial charge < -0.3 is 10.2 Å². The van der Waals surface area contributed by atoms with Crippen molar-refractivity contribution in [2.24, 2.45) is 0 Å². The summed E-state index contributed by atoms with van der Waals surface area (Å²) in [6, 6.07) is 15.0. The number of hydrogen-bond donors (Lipinski definition) is 1. The maximum absolute atomic E-state index is 12.7. The van der Waals surface area contributed by atoms with Crippen molar-refractivity contribution in [3.8, 4) is 0 Å². The van der Waals surface area contributed by atoms with Crippen LogP contribution in [0, 0.1) is 6.92 Å². The highest BCUT2D eigenvalue weighted by Gasteiger charge is 2.24. The minimum Gasteiger partial charge on any atom is -0.325 e. The van der Waals surface area contributed by atoms with Gasteiger partial charge in [0, 0.05) is 17.8 Å². The molecule has 0 spiro atoms. The second-order valence-electron chi connectivity index (χ2n) is 5.18. The number of nitrogens with zero attached hydrogens (tertiary/aromatic N) is 1. The number of fused-ring (bicyclic) bond motifs is 1. The third kappa shape index (κ3) is 2.65. The fraction of sp³-hybridized carbons (Fsp3) is 0.176. The van der Waals surface area contributed by atoms with Crippen molar-refractivity contribution in [2.75, 3.05) is 11.9 Å². The van der Waals surface area contributed by atoms with Gasteiger partial charge in [-0.3, -0.25) is 9.59 Å². The van der Waals surface area contributed by atoms with Crippen LogP contribution in [-0.2, 0) is 11.3 Å². The third-order valence-corrected chi connectivity index (χ3v) is 3.65. The van der Waals surface area contributed by atoms with Gasteiger partial charge in [-0.1, -0.05) is 36.4 Å². The topological polar surface area (TPSA) is 49.4 Å². The Bertz CT molecular complexity index is 709. The molecule has 0 bridgehead atoms. The second kappa shape index (κ2) is 5.40. The smallest absolute Gasteiger partial charge is 0.254 e. The van der Waals surface area contributed by atoms with Crippen LogP contribution in [0.1, 0.15) is 21.5 Å². The van der Waals surface area contributed by atoms with E-state index in [2.05, 4.69) is 5.32 Å². The van der Waals surface area contributed by atoms with Crippen LogP contribution in [0.3, 0.4) is 0 Å². The van der Waals surface area contributed by atoms with Crippen LogP contribution in [-0.4, -0.2) is 23.3 Å². The maximum atomic E-state index is 12.7. The minimum absolute atomic E-state index is 0.0713. The first kappa shape index (κ1) is 13.4. The lowest BCUT2D eigenvalue weighted by Gasteiger charge is -2.20. The van der Waals surface area contributed by atoms with Crippen molar-refractivity contribution in [1.82, 2.24) is 4.90 Å². The fourth-order valence-electron chi connectivity index (χ4n) is 2.53. The number of hydrogen-bond acceptors (Lipinski definition) is 2. The van der Waals surface area contributed by atoms with Crippen molar-refractivity contribution in [3.63, 3.8) is 0 Å². The number of benzene rings is 2. The molecule has 2 amide bonds. The monoisotopic (exact) mass is 280 g/mol. The van der Waals surface area contributed by atoms with E-state index in [0.29, 0.717) is 12.1 Å². The molecule has 4 heteroatoms. The summed E-state index contributed by atoms with van der Waals surface area (Å²) in [4.78, 5) is 26.2. The number of amides is 2. The van der Waals surface area contributed by atoms with Gasteiger partial charge in [-0.15, -0.1) is 0 Å². The van der Waals surface area contributed by atoms with Crippen LogP contribution in [0.5, 0.6) is 0 Å². The molecule has 2 aromatic carbocycles. The van der Waals surface area contributed by atoms with Gasteiger partial charge in [0.1, 0.15) is 6.54 Å². The molecule has 2 aromatic rings. The van der Waals surface area contributed by atoms with Gasteiger partial charge in [-0.25, -0.2) is 0 Å². The summed E-state index contributed by atoms with van der Waals surface area (Å²) in [5.74, 6) is -0.276. The molecule has 0 aliphatic carbocycles. The molecule has 0 fully saturated rings. The molecule has 21 heavy (non-hydrogen) atoms. The largest absolute Gasteiger partial charge is 0.325 e. The molecule has 0 radical (unpaired) electrons. The molecule has 1 aliphatic heterocycles. The van der Waals surface area contributed by atoms with E-state index in [4.69, 9.17) is 0 Å². The summed E-state index contributed by atoms with van der Waals surface area (Å²) < 4.78 is 0. The first-order chi connectivity index (χ1) is 10.1. The lowest BCUT2D eigenvalue weighted by Crippen LogP contribution is -2.35. The molecule has 1 aliphatic rings. The average molecular weight is 280 g/mol. The number of carbonyl (C=O) groups excluding carboxylic acids is 2. The van der Waals surface area contributed by atoms with E-state index in [9.17, 15) is 9.59 Å². The molecular formula is C17H16N2O2. The van der Waals surface area contributed by atoms with Crippen LogP contribution < -0.4 is 5.32 Å². The zero-order valence-electron chi connectivity index (χ0n) is 11.8. The van der Waals surface area contributed by atoms with Gasteiger partial charge in [0.05, 0.1) is 0 Å². The molecule has 0 saturated carbocycles. The number of anilines is 1. The first-order valence-electron chi connectivity index (χ1n) is 6.88. The number of rotatable bonds is 1. The van der Waals surface area contributed by atoms with E-state index >= 15 is 0 Å². The van der Waals surface area contributed by atoms with Crippen molar-refractivity contribution < 1.29 is 9.59 Å². The summed E-state index contributed by atoms with van der Waals surface area (Å²) in [5.41, 5.74) is 3.29. The van der Waals surface area contributed by atoms with Crippen LogP contribution in [0.25, 0.3) is 0 Å². The van der Waals surface area contributed by atoms with Crippen molar-refractivity contribution >= 4 is 17.5 Å². The Morgan fingerprint density at radius 2 is 1.76 bits per heavy atom. The Morgan fingerprint density at radius 1 is 1.05 bits per heavy atom. The van der Waals surface area contributed by atoms with E-state index in [1.165, 1.54) is 0 Å². The summed E-state index contributed by atoms with van der Waals surface area (Å²) in [6.07, 6.45) is 0. The summed E-state index contributed by atoms with van der Waals surface area (Å²) in [6.45, 7) is 2.41. The molecule has 0 atom stereocenters. The van der Waals surface area contributed by atoms with Gasteiger partial charge in [0.25, 0.3) is 5.91 Å². The molecule has 0 saturated heterocycles. The normalized spacial score (nSPS) is 14.1. The highest BCUT2D eigenvalue weighted by atomic mass is 16.2. The van der Waals surface area contributed by atoms with Crippen LogP contribution in [0.2, 0.25) is 0 Å². The van der Waals surface area contributed by atoms with E-state index < -0.39 is 0 Å². The zero-order chi connectivity index (χ0) is 14.8.